The van der Waals surface area contributed by atoms with Gasteiger partial charge in [0.15, 0.2) is 9.84 Å². The molecular weight excluding hydrogens is 228 g/mol. The third-order valence-corrected chi connectivity index (χ3v) is 5.04. The van der Waals surface area contributed by atoms with Gasteiger partial charge >= 0.3 is 0 Å². The minimum Gasteiger partial charge on any atom is -0.342 e. The van der Waals surface area contributed by atoms with Gasteiger partial charge in [-0.15, -0.1) is 0 Å². The normalized spacial score (nSPS) is 14.6. The van der Waals surface area contributed by atoms with E-state index in [1.807, 2.05) is 6.92 Å². The lowest BCUT2D eigenvalue weighted by atomic mass is 10.1. The van der Waals surface area contributed by atoms with Crippen LogP contribution in [0.15, 0.2) is 0 Å². The Kier molecular flexibility index (Phi) is 4.94. The lowest BCUT2D eigenvalue weighted by Gasteiger charge is -2.31. The predicted octanol–water partition coefficient (Wildman–Crippen LogP) is 0.00530. The van der Waals surface area contributed by atoms with Gasteiger partial charge in [-0.25, -0.2) is 8.42 Å². The maximum absolute atomic E-state index is 12.0. The maximum atomic E-state index is 12.0. The molecule has 1 unspecified atom stereocenters. The summed E-state index contributed by atoms with van der Waals surface area (Å²) in [6, 6.07) is -0.0569. The molecule has 2 N–H and O–H groups in total. The van der Waals surface area contributed by atoms with Crippen molar-refractivity contribution in [2.45, 2.75) is 38.0 Å². The first-order valence-corrected chi connectivity index (χ1v) is 7.11. The Labute approximate surface area is 97.9 Å². The fraction of sp³-hybridized carbons (Fsp3) is 0.900. The number of nitrogens with two attached hydrogens (primary N) is 1. The number of nitrogens with zero attached hydrogens (tertiary/aromatic N) is 1. The summed E-state index contributed by atoms with van der Waals surface area (Å²) in [6.45, 7) is 5.17. The summed E-state index contributed by atoms with van der Waals surface area (Å²) in [6.07, 6.45) is 1.73. The molecule has 5 nitrogen and oxygen atoms in total. The van der Waals surface area contributed by atoms with Crippen molar-refractivity contribution < 1.29 is 13.2 Å². The molecule has 0 aromatic heterocycles. The maximum Gasteiger partial charge on any atom is 0.243 e. The number of rotatable bonds is 5. The van der Waals surface area contributed by atoms with E-state index < -0.39 is 20.5 Å². The predicted molar refractivity (Wildman–Crippen MR) is 64.8 cm³/mol. The van der Waals surface area contributed by atoms with E-state index in [1.165, 1.54) is 18.7 Å². The van der Waals surface area contributed by atoms with E-state index in [-0.39, 0.29) is 6.04 Å². The van der Waals surface area contributed by atoms with Crippen LogP contribution in [0.2, 0.25) is 0 Å². The molecular formula is C10H22N2O3S. The molecule has 0 aromatic rings. The standard InChI is InChI=1S/C10H22N2O3S/c1-8(6-7-11)12(4)9(13)10(2,3)16(5,14)15/h8H,6-7,11H2,1-5H3. The molecule has 0 spiro atoms. The Morgan fingerprint density at radius 1 is 1.44 bits per heavy atom. The molecule has 1 atom stereocenters. The van der Waals surface area contributed by atoms with Crippen LogP contribution in [0.5, 0.6) is 0 Å². The van der Waals surface area contributed by atoms with Crippen LogP contribution >= 0.6 is 0 Å². The van der Waals surface area contributed by atoms with Crippen LogP contribution in [0.3, 0.4) is 0 Å². The molecule has 0 fully saturated rings. The number of carbonyl (C=O) groups is 1. The highest BCUT2D eigenvalue weighted by molar-refractivity contribution is 7.92. The number of hydrogen-bond donors (Lipinski definition) is 1. The molecule has 96 valence electrons. The molecule has 0 rings (SSSR count). The zero-order chi connectivity index (χ0) is 13.1. The number of amides is 1. The molecule has 0 saturated heterocycles. The minimum absolute atomic E-state index is 0.0569. The van der Waals surface area contributed by atoms with Gasteiger partial charge in [-0.1, -0.05) is 0 Å². The molecule has 0 aliphatic carbocycles. The van der Waals surface area contributed by atoms with Crippen LogP contribution in [0, 0.1) is 0 Å². The average molecular weight is 250 g/mol. The smallest absolute Gasteiger partial charge is 0.243 e. The third kappa shape index (κ3) is 3.18. The quantitative estimate of drug-likeness (QED) is 0.745. The van der Waals surface area contributed by atoms with E-state index in [4.69, 9.17) is 5.73 Å². The van der Waals surface area contributed by atoms with E-state index in [2.05, 4.69) is 0 Å². The molecule has 0 aliphatic rings. The van der Waals surface area contributed by atoms with E-state index in [0.717, 1.165) is 6.26 Å². The summed E-state index contributed by atoms with van der Waals surface area (Å²) in [4.78, 5) is 13.5. The summed E-state index contributed by atoms with van der Waals surface area (Å²) < 4.78 is 21.6. The Morgan fingerprint density at radius 3 is 2.19 bits per heavy atom. The molecule has 0 radical (unpaired) electrons. The first-order chi connectivity index (χ1) is 7.05. The van der Waals surface area contributed by atoms with Crippen LogP contribution in [-0.2, 0) is 14.6 Å². The molecule has 0 saturated carbocycles. The van der Waals surface area contributed by atoms with Crippen molar-refractivity contribution in [2.75, 3.05) is 19.8 Å². The molecule has 0 aliphatic heterocycles. The van der Waals surface area contributed by atoms with E-state index in [1.54, 1.807) is 7.05 Å². The second kappa shape index (κ2) is 5.14. The van der Waals surface area contributed by atoms with Gasteiger partial charge in [-0.3, -0.25) is 4.79 Å². The summed E-state index contributed by atoms with van der Waals surface area (Å²) in [5.41, 5.74) is 5.41. The second-order valence-electron chi connectivity index (χ2n) is 4.62. The summed E-state index contributed by atoms with van der Waals surface area (Å²) in [5.74, 6) is -0.393. The Bertz CT molecular complexity index is 349. The molecule has 6 heteroatoms. The van der Waals surface area contributed by atoms with Crippen molar-refractivity contribution in [1.82, 2.24) is 4.90 Å². The zero-order valence-electron chi connectivity index (χ0n) is 10.6. The Balaban J connectivity index is 4.94. The molecule has 0 heterocycles. The van der Waals surface area contributed by atoms with Gasteiger partial charge in [-0.2, -0.15) is 0 Å². The minimum atomic E-state index is -3.42. The number of sulfone groups is 1. The fourth-order valence-electron chi connectivity index (χ4n) is 1.22. The third-order valence-electron chi connectivity index (χ3n) is 3.01. The van der Waals surface area contributed by atoms with Crippen molar-refractivity contribution in [3.05, 3.63) is 0 Å². The number of hydrogen-bond acceptors (Lipinski definition) is 4. The van der Waals surface area contributed by atoms with Crippen LogP contribution < -0.4 is 5.73 Å². The van der Waals surface area contributed by atoms with E-state index in [9.17, 15) is 13.2 Å². The largest absolute Gasteiger partial charge is 0.342 e. The van der Waals surface area contributed by atoms with Crippen molar-refractivity contribution in [2.24, 2.45) is 5.73 Å². The van der Waals surface area contributed by atoms with Crippen molar-refractivity contribution in [1.29, 1.82) is 0 Å². The van der Waals surface area contributed by atoms with Crippen molar-refractivity contribution >= 4 is 15.7 Å². The van der Waals surface area contributed by atoms with Crippen LogP contribution in [0.4, 0.5) is 0 Å². The number of carbonyl (C=O) groups excluding carboxylic acids is 1. The topological polar surface area (TPSA) is 80.5 Å². The zero-order valence-corrected chi connectivity index (χ0v) is 11.5. The van der Waals surface area contributed by atoms with Crippen LogP contribution in [-0.4, -0.2) is 49.9 Å². The van der Waals surface area contributed by atoms with Gasteiger partial charge in [0.2, 0.25) is 5.91 Å². The second-order valence-corrected chi connectivity index (χ2v) is 7.19. The summed E-state index contributed by atoms with van der Waals surface area (Å²) in [5, 5.41) is 0. The highest BCUT2D eigenvalue weighted by Crippen LogP contribution is 2.19. The lowest BCUT2D eigenvalue weighted by molar-refractivity contribution is -0.133. The molecule has 0 aromatic carbocycles. The Morgan fingerprint density at radius 2 is 1.88 bits per heavy atom. The molecule has 1 amide bonds. The first-order valence-electron chi connectivity index (χ1n) is 5.22. The van der Waals surface area contributed by atoms with Crippen molar-refractivity contribution in [3.8, 4) is 0 Å². The molecule has 0 bridgehead atoms. The monoisotopic (exact) mass is 250 g/mol. The van der Waals surface area contributed by atoms with Crippen LogP contribution in [0.1, 0.15) is 27.2 Å². The van der Waals surface area contributed by atoms with E-state index in [0.29, 0.717) is 13.0 Å². The lowest BCUT2D eigenvalue weighted by Crippen LogP contribution is -2.51. The van der Waals surface area contributed by atoms with Gasteiger partial charge in [0.1, 0.15) is 4.75 Å². The Hall–Kier alpha value is -0.620. The van der Waals surface area contributed by atoms with Gasteiger partial charge in [-0.05, 0) is 33.7 Å². The average Bonchev–Trinajstić information content (AvgIpc) is 2.14. The van der Waals surface area contributed by atoms with Gasteiger partial charge in [0.25, 0.3) is 0 Å². The van der Waals surface area contributed by atoms with Gasteiger partial charge in [0.05, 0.1) is 0 Å². The van der Waals surface area contributed by atoms with Crippen molar-refractivity contribution in [3.63, 3.8) is 0 Å². The summed E-state index contributed by atoms with van der Waals surface area (Å²) >= 11 is 0. The SMILES string of the molecule is CC(CCN)N(C)C(=O)C(C)(C)S(C)(=O)=O. The van der Waals surface area contributed by atoms with Gasteiger partial charge < -0.3 is 10.6 Å². The van der Waals surface area contributed by atoms with Crippen LogP contribution in [0.25, 0.3) is 0 Å². The summed E-state index contributed by atoms with van der Waals surface area (Å²) in [7, 11) is -1.81. The highest BCUT2D eigenvalue weighted by Gasteiger charge is 2.41. The highest BCUT2D eigenvalue weighted by atomic mass is 32.2. The first kappa shape index (κ1) is 15.4. The fourth-order valence-corrected chi connectivity index (χ4v) is 1.68. The van der Waals surface area contributed by atoms with E-state index >= 15 is 0 Å². The van der Waals surface area contributed by atoms with Gasteiger partial charge in [0, 0.05) is 19.3 Å². The molecule has 16 heavy (non-hydrogen) atoms.